The number of rotatable bonds is 5. The standard InChI is InChI=1S/C12H20N2O4S3/c1-10-9-20(15,16)8-7-14(10)21(17,18)12-4-3-11(19-12)5-6-13-2/h3-4,10,13H,5-9H2,1-2H3. The maximum Gasteiger partial charge on any atom is 0.252 e. The number of hydrogen-bond acceptors (Lipinski definition) is 6. The molecule has 2 rings (SSSR count). The van der Waals surface area contributed by atoms with Crippen molar-refractivity contribution in [1.29, 1.82) is 0 Å². The molecule has 1 aromatic heterocycles. The summed E-state index contributed by atoms with van der Waals surface area (Å²) >= 11 is 1.26. The second-order valence-electron chi connectivity index (χ2n) is 5.15. The minimum atomic E-state index is -3.60. The molecule has 0 amide bonds. The van der Waals surface area contributed by atoms with Gasteiger partial charge in [-0.1, -0.05) is 0 Å². The van der Waals surface area contributed by atoms with Gasteiger partial charge in [0.1, 0.15) is 4.21 Å². The second kappa shape index (κ2) is 6.33. The highest BCUT2D eigenvalue weighted by Gasteiger charge is 2.37. The molecule has 6 nitrogen and oxygen atoms in total. The molecule has 21 heavy (non-hydrogen) atoms. The zero-order valence-corrected chi connectivity index (χ0v) is 14.5. The van der Waals surface area contributed by atoms with Crippen LogP contribution in [0.15, 0.2) is 16.3 Å². The number of nitrogens with zero attached hydrogens (tertiary/aromatic N) is 1. The fourth-order valence-corrected chi connectivity index (χ4v) is 7.22. The lowest BCUT2D eigenvalue weighted by molar-refractivity contribution is 0.357. The molecule has 1 aliphatic heterocycles. The van der Waals surface area contributed by atoms with Gasteiger partial charge in [-0.05, 0) is 39.1 Å². The van der Waals surface area contributed by atoms with Crippen LogP contribution >= 0.6 is 11.3 Å². The number of thiophene rings is 1. The maximum atomic E-state index is 12.6. The van der Waals surface area contributed by atoms with E-state index in [2.05, 4.69) is 5.32 Å². The van der Waals surface area contributed by atoms with E-state index in [4.69, 9.17) is 0 Å². The Morgan fingerprint density at radius 2 is 2.14 bits per heavy atom. The minimum absolute atomic E-state index is 0.0373. The van der Waals surface area contributed by atoms with Gasteiger partial charge in [0.25, 0.3) is 10.0 Å². The van der Waals surface area contributed by atoms with Crippen LogP contribution in [0.2, 0.25) is 0 Å². The van der Waals surface area contributed by atoms with Gasteiger partial charge in [0.15, 0.2) is 9.84 Å². The molecule has 120 valence electrons. The first-order valence-corrected chi connectivity index (χ1v) is 10.8. The first-order valence-electron chi connectivity index (χ1n) is 6.72. The maximum absolute atomic E-state index is 12.6. The zero-order valence-electron chi connectivity index (χ0n) is 12.1. The minimum Gasteiger partial charge on any atom is -0.319 e. The van der Waals surface area contributed by atoms with Crippen molar-refractivity contribution in [1.82, 2.24) is 9.62 Å². The van der Waals surface area contributed by atoms with E-state index in [1.54, 1.807) is 13.0 Å². The van der Waals surface area contributed by atoms with Crippen molar-refractivity contribution in [2.24, 2.45) is 0 Å². The number of sulfone groups is 1. The summed E-state index contributed by atoms with van der Waals surface area (Å²) in [4.78, 5) is 1.00. The lowest BCUT2D eigenvalue weighted by Gasteiger charge is -2.31. The molecule has 1 unspecified atom stereocenters. The van der Waals surface area contributed by atoms with Crippen LogP contribution in [-0.2, 0) is 26.3 Å². The van der Waals surface area contributed by atoms with Gasteiger partial charge in [-0.15, -0.1) is 11.3 Å². The molecular formula is C12H20N2O4S3. The van der Waals surface area contributed by atoms with Gasteiger partial charge in [-0.25, -0.2) is 16.8 Å². The predicted molar refractivity (Wildman–Crippen MR) is 84.0 cm³/mol. The van der Waals surface area contributed by atoms with Crippen molar-refractivity contribution in [3.8, 4) is 0 Å². The fourth-order valence-electron chi connectivity index (χ4n) is 2.34. The van der Waals surface area contributed by atoms with Crippen molar-refractivity contribution in [2.75, 3.05) is 31.6 Å². The highest BCUT2D eigenvalue weighted by Crippen LogP contribution is 2.28. The highest BCUT2D eigenvalue weighted by molar-refractivity contribution is 7.92. The molecule has 0 aromatic carbocycles. The summed E-state index contributed by atoms with van der Waals surface area (Å²) in [7, 11) is -4.88. The number of hydrogen-bond donors (Lipinski definition) is 1. The van der Waals surface area contributed by atoms with Crippen molar-refractivity contribution >= 4 is 31.2 Å². The first kappa shape index (κ1) is 16.9. The van der Waals surface area contributed by atoms with Crippen LogP contribution in [0.4, 0.5) is 0 Å². The van der Waals surface area contributed by atoms with Crippen LogP contribution < -0.4 is 5.32 Å². The summed E-state index contributed by atoms with van der Waals surface area (Å²) in [5.41, 5.74) is 0. The van der Waals surface area contributed by atoms with Crippen molar-refractivity contribution in [3.63, 3.8) is 0 Å². The van der Waals surface area contributed by atoms with Gasteiger partial charge in [-0.2, -0.15) is 4.31 Å². The van der Waals surface area contributed by atoms with Crippen LogP contribution in [0.5, 0.6) is 0 Å². The Labute approximate surface area is 130 Å². The Balaban J connectivity index is 2.20. The summed E-state index contributed by atoms with van der Waals surface area (Å²) in [5, 5.41) is 3.02. The Hall–Kier alpha value is -0.480. The van der Waals surface area contributed by atoms with E-state index in [0.29, 0.717) is 4.21 Å². The molecule has 1 saturated heterocycles. The van der Waals surface area contributed by atoms with Gasteiger partial charge < -0.3 is 5.32 Å². The third-order valence-corrected chi connectivity index (χ3v) is 8.85. The highest BCUT2D eigenvalue weighted by atomic mass is 32.2. The van der Waals surface area contributed by atoms with E-state index in [-0.39, 0.29) is 18.1 Å². The quantitative estimate of drug-likeness (QED) is 0.825. The average molecular weight is 353 g/mol. The molecule has 0 radical (unpaired) electrons. The normalized spacial score (nSPS) is 23.2. The van der Waals surface area contributed by atoms with Gasteiger partial charge >= 0.3 is 0 Å². The molecule has 1 N–H and O–H groups in total. The summed E-state index contributed by atoms with van der Waals surface area (Å²) < 4.78 is 50.0. The third kappa shape index (κ3) is 3.84. The lowest BCUT2D eigenvalue weighted by Crippen LogP contribution is -2.49. The number of nitrogens with one attached hydrogen (secondary N) is 1. The van der Waals surface area contributed by atoms with E-state index in [9.17, 15) is 16.8 Å². The Bertz CT molecular complexity index is 694. The molecule has 1 aliphatic rings. The lowest BCUT2D eigenvalue weighted by atomic mass is 10.3. The van der Waals surface area contributed by atoms with Gasteiger partial charge in [0, 0.05) is 17.5 Å². The van der Waals surface area contributed by atoms with Gasteiger partial charge in [0.05, 0.1) is 11.5 Å². The Kier molecular flexibility index (Phi) is 5.09. The summed E-state index contributed by atoms with van der Waals surface area (Å²) in [6.07, 6.45) is 0.778. The largest absolute Gasteiger partial charge is 0.319 e. The molecule has 0 aliphatic carbocycles. The third-order valence-electron chi connectivity index (χ3n) is 3.43. The van der Waals surface area contributed by atoms with Crippen LogP contribution in [0, 0.1) is 0 Å². The smallest absolute Gasteiger partial charge is 0.252 e. The van der Waals surface area contributed by atoms with Crippen LogP contribution in [0.3, 0.4) is 0 Å². The molecule has 1 atom stereocenters. The van der Waals surface area contributed by atoms with Crippen LogP contribution in [-0.4, -0.2) is 58.8 Å². The predicted octanol–water partition coefficient (Wildman–Crippen LogP) is 0.318. The molecule has 0 spiro atoms. The van der Waals surface area contributed by atoms with E-state index in [1.165, 1.54) is 15.6 Å². The molecule has 1 aromatic rings. The summed E-state index contributed by atoms with van der Waals surface area (Å²) in [5.74, 6) is -0.210. The zero-order chi connectivity index (χ0) is 15.7. The summed E-state index contributed by atoms with van der Waals surface area (Å²) in [6, 6.07) is 2.91. The van der Waals surface area contributed by atoms with E-state index in [0.717, 1.165) is 17.8 Å². The molecule has 1 fully saturated rings. The Morgan fingerprint density at radius 1 is 1.43 bits per heavy atom. The topological polar surface area (TPSA) is 83.6 Å². The second-order valence-corrected chi connectivity index (χ2v) is 10.7. The van der Waals surface area contributed by atoms with Gasteiger partial charge in [-0.3, -0.25) is 0 Å². The monoisotopic (exact) mass is 352 g/mol. The van der Waals surface area contributed by atoms with Crippen LogP contribution in [0.1, 0.15) is 11.8 Å². The number of sulfonamides is 1. The molecule has 9 heteroatoms. The van der Waals surface area contributed by atoms with E-state index < -0.39 is 25.9 Å². The van der Waals surface area contributed by atoms with Crippen LogP contribution in [0.25, 0.3) is 0 Å². The SMILES string of the molecule is CNCCc1ccc(S(=O)(=O)N2CCS(=O)(=O)CC2C)s1. The first-order chi connectivity index (χ1) is 9.76. The average Bonchev–Trinajstić information content (AvgIpc) is 2.84. The Morgan fingerprint density at radius 3 is 2.76 bits per heavy atom. The number of likely N-dealkylation sites (N-methyl/N-ethyl adjacent to an activating group) is 1. The molecular weight excluding hydrogens is 332 g/mol. The van der Waals surface area contributed by atoms with Crippen molar-refractivity contribution < 1.29 is 16.8 Å². The molecule has 2 heterocycles. The molecule has 0 bridgehead atoms. The summed E-state index contributed by atoms with van der Waals surface area (Å²) in [6.45, 7) is 2.47. The van der Waals surface area contributed by atoms with E-state index >= 15 is 0 Å². The van der Waals surface area contributed by atoms with Gasteiger partial charge in [0.2, 0.25) is 0 Å². The van der Waals surface area contributed by atoms with Crippen molar-refractivity contribution in [3.05, 3.63) is 17.0 Å². The van der Waals surface area contributed by atoms with E-state index in [1.807, 2.05) is 13.1 Å². The van der Waals surface area contributed by atoms with Crippen molar-refractivity contribution in [2.45, 2.75) is 23.6 Å². The fraction of sp³-hybridized carbons (Fsp3) is 0.667. The molecule has 0 saturated carbocycles.